The van der Waals surface area contributed by atoms with Crippen LogP contribution in [0.1, 0.15) is 56.8 Å². The maximum absolute atomic E-state index is 15.0. The molecule has 0 aliphatic carbocycles. The van der Waals surface area contributed by atoms with E-state index >= 15 is 0 Å². The standard InChI is InChI=1S/C30H30F4O/c1-3-4-5-6-7-22-13-14-23(28(32)27(22)31)20-9-11-21(12-10-20)24-15-16-25(30(34)29(24)33)26-17-8-19(2)18-35-26/h5-6,9-16,19,26H,3-4,7-8,17-18H2,1-2H3/b6-5-. The van der Waals surface area contributed by atoms with E-state index in [2.05, 4.69) is 13.8 Å². The number of hydrogen-bond donors (Lipinski definition) is 0. The molecule has 1 nitrogen and oxygen atoms in total. The summed E-state index contributed by atoms with van der Waals surface area (Å²) in [5.74, 6) is -3.20. The van der Waals surface area contributed by atoms with Crippen LogP contribution in [0.15, 0.2) is 60.7 Å². The third-order valence-electron chi connectivity index (χ3n) is 6.59. The predicted molar refractivity (Wildman–Crippen MR) is 132 cm³/mol. The first kappa shape index (κ1) is 25.2. The smallest absolute Gasteiger partial charge is 0.167 e. The van der Waals surface area contributed by atoms with Gasteiger partial charge in [0.2, 0.25) is 0 Å². The molecule has 2 unspecified atom stereocenters. The highest BCUT2D eigenvalue weighted by molar-refractivity contribution is 5.71. The average Bonchev–Trinajstić information content (AvgIpc) is 2.87. The summed E-state index contributed by atoms with van der Waals surface area (Å²) >= 11 is 0. The van der Waals surface area contributed by atoms with Gasteiger partial charge in [0, 0.05) is 23.3 Å². The monoisotopic (exact) mass is 482 g/mol. The Labute approximate surface area is 204 Å². The minimum atomic E-state index is -0.935. The Morgan fingerprint density at radius 2 is 1.40 bits per heavy atom. The molecule has 3 aromatic rings. The van der Waals surface area contributed by atoms with Crippen LogP contribution in [0.4, 0.5) is 17.6 Å². The van der Waals surface area contributed by atoms with Gasteiger partial charge in [-0.1, -0.05) is 81.0 Å². The molecule has 0 N–H and O–H groups in total. The largest absolute Gasteiger partial charge is 0.373 e. The predicted octanol–water partition coefficient (Wildman–Crippen LogP) is 8.96. The van der Waals surface area contributed by atoms with Crippen molar-refractivity contribution < 1.29 is 22.3 Å². The number of hydrogen-bond acceptors (Lipinski definition) is 1. The molecule has 0 amide bonds. The molecule has 2 atom stereocenters. The van der Waals surface area contributed by atoms with Gasteiger partial charge in [-0.3, -0.25) is 0 Å². The molecule has 184 valence electrons. The van der Waals surface area contributed by atoms with Gasteiger partial charge in [0.05, 0.1) is 6.10 Å². The number of benzene rings is 3. The normalized spacial score (nSPS) is 18.3. The second-order valence-corrected chi connectivity index (χ2v) is 9.28. The van der Waals surface area contributed by atoms with E-state index < -0.39 is 29.4 Å². The van der Waals surface area contributed by atoms with Gasteiger partial charge in [-0.25, -0.2) is 17.6 Å². The molecule has 5 heteroatoms. The molecule has 0 radical (unpaired) electrons. The van der Waals surface area contributed by atoms with Crippen LogP contribution in [0.25, 0.3) is 22.3 Å². The van der Waals surface area contributed by atoms with E-state index in [0.717, 1.165) is 19.3 Å². The van der Waals surface area contributed by atoms with Crippen molar-refractivity contribution in [3.05, 3.63) is 95.1 Å². The van der Waals surface area contributed by atoms with Crippen molar-refractivity contribution in [2.75, 3.05) is 6.61 Å². The van der Waals surface area contributed by atoms with Crippen molar-refractivity contribution in [1.29, 1.82) is 0 Å². The van der Waals surface area contributed by atoms with Crippen LogP contribution < -0.4 is 0 Å². The van der Waals surface area contributed by atoms with Crippen molar-refractivity contribution in [2.24, 2.45) is 5.92 Å². The second-order valence-electron chi connectivity index (χ2n) is 9.28. The van der Waals surface area contributed by atoms with Gasteiger partial charge < -0.3 is 4.74 Å². The van der Waals surface area contributed by atoms with E-state index in [1.165, 1.54) is 0 Å². The van der Waals surface area contributed by atoms with E-state index in [4.69, 9.17) is 4.74 Å². The molecule has 35 heavy (non-hydrogen) atoms. The molecule has 1 fully saturated rings. The zero-order valence-electron chi connectivity index (χ0n) is 20.1. The summed E-state index contributed by atoms with van der Waals surface area (Å²) in [5.41, 5.74) is 1.68. The Bertz CT molecular complexity index is 1190. The summed E-state index contributed by atoms with van der Waals surface area (Å²) < 4.78 is 65.0. The quantitative estimate of drug-likeness (QED) is 0.241. The van der Waals surface area contributed by atoms with E-state index in [-0.39, 0.29) is 16.7 Å². The number of ether oxygens (including phenoxy) is 1. The molecule has 0 spiro atoms. The third-order valence-corrected chi connectivity index (χ3v) is 6.59. The topological polar surface area (TPSA) is 9.23 Å². The lowest BCUT2D eigenvalue weighted by Gasteiger charge is -2.27. The summed E-state index contributed by atoms with van der Waals surface area (Å²) in [5, 5.41) is 0. The van der Waals surface area contributed by atoms with Crippen LogP contribution in [-0.4, -0.2) is 6.61 Å². The molecular formula is C30H30F4O. The van der Waals surface area contributed by atoms with Crippen LogP contribution in [0, 0.1) is 29.2 Å². The Morgan fingerprint density at radius 1 is 0.771 bits per heavy atom. The molecule has 0 bridgehead atoms. The summed E-state index contributed by atoms with van der Waals surface area (Å²) in [7, 11) is 0. The lowest BCUT2D eigenvalue weighted by atomic mass is 9.93. The van der Waals surface area contributed by atoms with Gasteiger partial charge in [-0.2, -0.15) is 0 Å². The van der Waals surface area contributed by atoms with Gasteiger partial charge in [0.25, 0.3) is 0 Å². The summed E-state index contributed by atoms with van der Waals surface area (Å²) in [6.07, 6.45) is 7.14. The van der Waals surface area contributed by atoms with Crippen molar-refractivity contribution in [3.63, 3.8) is 0 Å². The molecule has 0 saturated carbocycles. The average molecular weight is 483 g/mol. The second kappa shape index (κ2) is 11.2. The SMILES string of the molecule is CCC/C=C\Cc1ccc(-c2ccc(-c3ccc(C4CCC(C)CO4)c(F)c3F)cc2)c(F)c1F. The zero-order chi connectivity index (χ0) is 24.9. The molecule has 1 aliphatic heterocycles. The maximum Gasteiger partial charge on any atom is 0.167 e. The van der Waals surface area contributed by atoms with E-state index in [1.54, 1.807) is 48.5 Å². The highest BCUT2D eigenvalue weighted by atomic mass is 19.2. The first-order valence-corrected chi connectivity index (χ1v) is 12.2. The third kappa shape index (κ3) is 5.51. The van der Waals surface area contributed by atoms with Gasteiger partial charge in [-0.15, -0.1) is 0 Å². The maximum atomic E-state index is 15.0. The lowest BCUT2D eigenvalue weighted by molar-refractivity contribution is -0.0144. The summed E-state index contributed by atoms with van der Waals surface area (Å²) in [4.78, 5) is 0. The molecule has 3 aromatic carbocycles. The number of halogens is 4. The van der Waals surface area contributed by atoms with Crippen molar-refractivity contribution >= 4 is 0 Å². The van der Waals surface area contributed by atoms with Crippen molar-refractivity contribution in [3.8, 4) is 22.3 Å². The van der Waals surface area contributed by atoms with Crippen LogP contribution in [-0.2, 0) is 11.2 Å². The highest BCUT2D eigenvalue weighted by Crippen LogP contribution is 2.36. The number of unbranched alkanes of at least 4 members (excludes halogenated alkanes) is 1. The van der Waals surface area contributed by atoms with Crippen LogP contribution in [0.2, 0.25) is 0 Å². The highest BCUT2D eigenvalue weighted by Gasteiger charge is 2.26. The number of allylic oxidation sites excluding steroid dienone is 2. The van der Waals surface area contributed by atoms with Crippen LogP contribution in [0.5, 0.6) is 0 Å². The fourth-order valence-corrected chi connectivity index (χ4v) is 4.46. The van der Waals surface area contributed by atoms with Crippen molar-refractivity contribution in [2.45, 2.75) is 52.1 Å². The van der Waals surface area contributed by atoms with Crippen LogP contribution in [0.3, 0.4) is 0 Å². The molecule has 1 heterocycles. The fourth-order valence-electron chi connectivity index (χ4n) is 4.46. The molecule has 4 rings (SSSR count). The fraction of sp³-hybridized carbons (Fsp3) is 0.333. The van der Waals surface area contributed by atoms with Crippen molar-refractivity contribution in [1.82, 2.24) is 0 Å². The Morgan fingerprint density at radius 3 is 2.00 bits per heavy atom. The van der Waals surface area contributed by atoms with Gasteiger partial charge in [-0.05, 0) is 48.3 Å². The van der Waals surface area contributed by atoms with E-state index in [0.29, 0.717) is 42.1 Å². The Kier molecular flexibility index (Phi) is 8.07. The molecule has 0 aromatic heterocycles. The summed E-state index contributed by atoms with van der Waals surface area (Å²) in [6, 6.07) is 12.6. The van der Waals surface area contributed by atoms with E-state index in [1.807, 2.05) is 12.2 Å². The first-order valence-electron chi connectivity index (χ1n) is 12.2. The van der Waals surface area contributed by atoms with E-state index in [9.17, 15) is 17.6 Å². The first-order chi connectivity index (χ1) is 16.9. The van der Waals surface area contributed by atoms with Gasteiger partial charge >= 0.3 is 0 Å². The summed E-state index contributed by atoms with van der Waals surface area (Å²) in [6.45, 7) is 4.65. The molecular weight excluding hydrogens is 452 g/mol. The number of rotatable bonds is 7. The Balaban J connectivity index is 1.55. The van der Waals surface area contributed by atoms with Crippen LogP contribution >= 0.6 is 0 Å². The zero-order valence-corrected chi connectivity index (χ0v) is 20.1. The van der Waals surface area contributed by atoms with Gasteiger partial charge in [0.15, 0.2) is 23.3 Å². The Hall–Kier alpha value is -2.92. The molecule has 1 saturated heterocycles. The molecule has 1 aliphatic rings. The minimum absolute atomic E-state index is 0.114. The van der Waals surface area contributed by atoms with Gasteiger partial charge in [0.1, 0.15) is 0 Å². The lowest BCUT2D eigenvalue weighted by Crippen LogP contribution is -2.19. The minimum Gasteiger partial charge on any atom is -0.373 e.